The van der Waals surface area contributed by atoms with Crippen molar-refractivity contribution >= 4 is 18.3 Å². The van der Waals surface area contributed by atoms with E-state index in [1.54, 1.807) is 7.11 Å². The molecule has 1 unspecified atom stereocenters. The summed E-state index contributed by atoms with van der Waals surface area (Å²) in [5.74, 6) is 0.717. The van der Waals surface area contributed by atoms with Crippen LogP contribution >= 0.6 is 12.4 Å². The first-order chi connectivity index (χ1) is 10.2. The third-order valence-electron chi connectivity index (χ3n) is 3.12. The highest BCUT2D eigenvalue weighted by molar-refractivity contribution is 5.85. The standard InChI is InChI=1S/C17H28N2O3.ClH/c1-12-6-7-13(15(8-12)22-17(2,3)4)11-19-16(20)9-14(10-18)21-5;/h6-8,14H,9-11,18H2,1-5H3,(H,19,20);1H. The van der Waals surface area contributed by atoms with Crippen molar-refractivity contribution in [2.45, 2.75) is 52.4 Å². The number of hydrogen-bond donors (Lipinski definition) is 2. The summed E-state index contributed by atoms with van der Waals surface area (Å²) in [6.07, 6.45) is 0.0113. The molecule has 3 N–H and O–H groups in total. The fourth-order valence-corrected chi connectivity index (χ4v) is 1.97. The number of rotatable bonds is 7. The van der Waals surface area contributed by atoms with Crippen molar-refractivity contribution in [3.63, 3.8) is 0 Å². The normalized spacial score (nSPS) is 12.3. The SMILES string of the molecule is COC(CN)CC(=O)NCc1ccc(C)cc1OC(C)(C)C.Cl. The molecule has 5 nitrogen and oxygen atoms in total. The third-order valence-corrected chi connectivity index (χ3v) is 3.12. The van der Waals surface area contributed by atoms with Gasteiger partial charge in [-0.1, -0.05) is 12.1 Å². The number of aryl methyl sites for hydroxylation is 1. The molecule has 1 aromatic carbocycles. The maximum Gasteiger partial charge on any atom is 0.222 e. The highest BCUT2D eigenvalue weighted by Crippen LogP contribution is 2.24. The molecule has 0 radical (unpaired) electrons. The largest absolute Gasteiger partial charge is 0.488 e. The summed E-state index contributed by atoms with van der Waals surface area (Å²) < 4.78 is 11.1. The molecule has 0 aliphatic rings. The van der Waals surface area contributed by atoms with Crippen LogP contribution in [0, 0.1) is 6.92 Å². The molecule has 1 amide bonds. The molecule has 0 saturated heterocycles. The molecule has 1 aromatic rings. The van der Waals surface area contributed by atoms with Gasteiger partial charge in [0.25, 0.3) is 0 Å². The van der Waals surface area contributed by atoms with Crippen molar-refractivity contribution in [1.82, 2.24) is 5.32 Å². The van der Waals surface area contributed by atoms with Gasteiger partial charge in [0.05, 0.1) is 12.5 Å². The second-order valence-electron chi connectivity index (χ2n) is 6.40. The van der Waals surface area contributed by atoms with Gasteiger partial charge in [-0.15, -0.1) is 12.4 Å². The second-order valence-corrected chi connectivity index (χ2v) is 6.40. The molecule has 0 aliphatic carbocycles. The van der Waals surface area contributed by atoms with Gasteiger partial charge in [-0.2, -0.15) is 0 Å². The Morgan fingerprint density at radius 3 is 2.52 bits per heavy atom. The number of carbonyl (C=O) groups is 1. The Hall–Kier alpha value is -1.30. The van der Waals surface area contributed by atoms with Crippen molar-refractivity contribution in [2.75, 3.05) is 13.7 Å². The number of hydrogen-bond acceptors (Lipinski definition) is 4. The predicted molar refractivity (Wildman–Crippen MR) is 95.1 cm³/mol. The summed E-state index contributed by atoms with van der Waals surface area (Å²) in [5.41, 5.74) is 7.32. The highest BCUT2D eigenvalue weighted by atomic mass is 35.5. The molecule has 0 bridgehead atoms. The zero-order chi connectivity index (χ0) is 16.8. The zero-order valence-electron chi connectivity index (χ0n) is 14.6. The summed E-state index contributed by atoms with van der Waals surface area (Å²) in [6, 6.07) is 5.98. The minimum Gasteiger partial charge on any atom is -0.488 e. The van der Waals surface area contributed by atoms with Crippen LogP contribution < -0.4 is 15.8 Å². The van der Waals surface area contributed by atoms with E-state index in [9.17, 15) is 4.79 Å². The predicted octanol–water partition coefficient (Wildman–Crippen LogP) is 2.57. The lowest BCUT2D eigenvalue weighted by Gasteiger charge is -2.24. The molecule has 1 rings (SSSR count). The van der Waals surface area contributed by atoms with E-state index in [0.29, 0.717) is 13.1 Å². The van der Waals surface area contributed by atoms with Gasteiger partial charge >= 0.3 is 0 Å². The zero-order valence-corrected chi connectivity index (χ0v) is 15.5. The first-order valence-electron chi connectivity index (χ1n) is 7.53. The molecule has 0 aromatic heterocycles. The number of halogens is 1. The Balaban J connectivity index is 0.00000484. The van der Waals surface area contributed by atoms with Crippen LogP contribution in [0.4, 0.5) is 0 Å². The Bertz CT molecular complexity index is 497. The van der Waals surface area contributed by atoms with Gasteiger partial charge in [0.2, 0.25) is 5.91 Å². The van der Waals surface area contributed by atoms with Crippen LogP contribution in [0.5, 0.6) is 5.75 Å². The molecular weight excluding hydrogens is 316 g/mol. The Labute approximate surface area is 145 Å². The molecule has 1 atom stereocenters. The molecule has 0 aliphatic heterocycles. The van der Waals surface area contributed by atoms with Crippen molar-refractivity contribution in [3.8, 4) is 5.75 Å². The van der Waals surface area contributed by atoms with Crippen molar-refractivity contribution < 1.29 is 14.3 Å². The Kier molecular flexibility index (Phi) is 9.20. The summed E-state index contributed by atoms with van der Waals surface area (Å²) in [7, 11) is 1.56. The maximum atomic E-state index is 11.9. The topological polar surface area (TPSA) is 73.6 Å². The maximum absolute atomic E-state index is 11.9. The Morgan fingerprint density at radius 2 is 2.00 bits per heavy atom. The molecular formula is C17H29ClN2O3. The number of carbonyl (C=O) groups excluding carboxylic acids is 1. The van der Waals surface area contributed by atoms with Gasteiger partial charge in [0.15, 0.2) is 0 Å². The van der Waals surface area contributed by atoms with E-state index in [1.807, 2.05) is 45.9 Å². The number of nitrogens with two attached hydrogens (primary N) is 1. The molecule has 23 heavy (non-hydrogen) atoms. The lowest BCUT2D eigenvalue weighted by molar-refractivity contribution is -0.123. The van der Waals surface area contributed by atoms with E-state index in [2.05, 4.69) is 5.32 Å². The van der Waals surface area contributed by atoms with E-state index in [-0.39, 0.29) is 36.4 Å². The van der Waals surface area contributed by atoms with Crippen LogP contribution in [0.1, 0.15) is 38.3 Å². The van der Waals surface area contributed by atoms with Crippen molar-refractivity contribution in [3.05, 3.63) is 29.3 Å². The van der Waals surface area contributed by atoms with E-state index in [0.717, 1.165) is 16.9 Å². The van der Waals surface area contributed by atoms with Crippen LogP contribution in [0.2, 0.25) is 0 Å². The van der Waals surface area contributed by atoms with Gasteiger partial charge in [-0.25, -0.2) is 0 Å². The second kappa shape index (κ2) is 9.75. The third kappa shape index (κ3) is 8.21. The lowest BCUT2D eigenvalue weighted by atomic mass is 10.1. The first-order valence-corrected chi connectivity index (χ1v) is 7.53. The van der Waals surface area contributed by atoms with E-state index in [4.69, 9.17) is 15.2 Å². The first kappa shape index (κ1) is 21.7. The van der Waals surface area contributed by atoms with E-state index in [1.165, 1.54) is 0 Å². The van der Waals surface area contributed by atoms with Crippen LogP contribution in [0.15, 0.2) is 18.2 Å². The quantitative estimate of drug-likeness (QED) is 0.797. The molecule has 0 saturated carbocycles. The number of ether oxygens (including phenoxy) is 2. The van der Waals surface area contributed by atoms with Crippen LogP contribution in [-0.4, -0.2) is 31.3 Å². The molecule has 0 spiro atoms. The van der Waals surface area contributed by atoms with Gasteiger partial charge in [0, 0.05) is 25.8 Å². The molecule has 132 valence electrons. The minimum absolute atomic E-state index is 0. The fraction of sp³-hybridized carbons (Fsp3) is 0.588. The highest BCUT2D eigenvalue weighted by Gasteiger charge is 2.16. The summed E-state index contributed by atoms with van der Waals surface area (Å²) in [6.45, 7) is 8.77. The molecule has 0 fully saturated rings. The molecule has 0 heterocycles. The van der Waals surface area contributed by atoms with Crippen molar-refractivity contribution in [2.24, 2.45) is 5.73 Å². The van der Waals surface area contributed by atoms with Gasteiger partial charge in [-0.05, 0) is 39.3 Å². The average Bonchev–Trinajstić information content (AvgIpc) is 2.42. The minimum atomic E-state index is -0.284. The molecule has 6 heteroatoms. The fourth-order valence-electron chi connectivity index (χ4n) is 1.97. The van der Waals surface area contributed by atoms with Crippen LogP contribution in [0.3, 0.4) is 0 Å². The van der Waals surface area contributed by atoms with Crippen LogP contribution in [-0.2, 0) is 16.1 Å². The van der Waals surface area contributed by atoms with Crippen molar-refractivity contribution in [1.29, 1.82) is 0 Å². The van der Waals surface area contributed by atoms with E-state index >= 15 is 0 Å². The average molecular weight is 345 g/mol. The number of benzene rings is 1. The van der Waals surface area contributed by atoms with Gasteiger partial charge in [0.1, 0.15) is 11.4 Å². The number of amides is 1. The van der Waals surface area contributed by atoms with E-state index < -0.39 is 0 Å². The monoisotopic (exact) mass is 344 g/mol. The summed E-state index contributed by atoms with van der Waals surface area (Å²) >= 11 is 0. The van der Waals surface area contributed by atoms with Crippen LogP contribution in [0.25, 0.3) is 0 Å². The van der Waals surface area contributed by atoms with Gasteiger partial charge < -0.3 is 20.5 Å². The lowest BCUT2D eigenvalue weighted by Crippen LogP contribution is -2.32. The summed E-state index contributed by atoms with van der Waals surface area (Å²) in [5, 5.41) is 2.89. The number of nitrogens with one attached hydrogen (secondary N) is 1. The summed E-state index contributed by atoms with van der Waals surface area (Å²) in [4.78, 5) is 11.9. The Morgan fingerprint density at radius 1 is 1.35 bits per heavy atom. The smallest absolute Gasteiger partial charge is 0.222 e. The number of methoxy groups -OCH3 is 1. The van der Waals surface area contributed by atoms with Gasteiger partial charge in [-0.3, -0.25) is 4.79 Å².